The summed E-state index contributed by atoms with van der Waals surface area (Å²) in [5.41, 5.74) is 0. The van der Waals surface area contributed by atoms with Crippen molar-refractivity contribution in [1.29, 1.82) is 0 Å². The predicted octanol–water partition coefficient (Wildman–Crippen LogP) is 2.28. The fourth-order valence-electron chi connectivity index (χ4n) is 1.78. The van der Waals surface area contributed by atoms with Crippen molar-refractivity contribution in [3.63, 3.8) is 0 Å². The van der Waals surface area contributed by atoms with Gasteiger partial charge in [0.2, 0.25) is 0 Å². The SMILES string of the molecule is CC(CS)CN(C)CC1CCC1. The first-order valence-electron chi connectivity index (χ1n) is 5.01. The first-order valence-corrected chi connectivity index (χ1v) is 5.65. The molecule has 1 unspecified atom stereocenters. The van der Waals surface area contributed by atoms with E-state index < -0.39 is 0 Å². The van der Waals surface area contributed by atoms with Gasteiger partial charge in [-0.25, -0.2) is 0 Å². The highest BCUT2D eigenvalue weighted by Crippen LogP contribution is 2.26. The average molecular weight is 187 g/mol. The summed E-state index contributed by atoms with van der Waals surface area (Å²) in [7, 11) is 2.23. The molecule has 2 heteroatoms. The minimum absolute atomic E-state index is 0.735. The maximum Gasteiger partial charge on any atom is 0.00119 e. The van der Waals surface area contributed by atoms with E-state index in [1.54, 1.807) is 0 Å². The van der Waals surface area contributed by atoms with Crippen LogP contribution in [0, 0.1) is 11.8 Å². The summed E-state index contributed by atoms with van der Waals surface area (Å²) in [5, 5.41) is 0. The summed E-state index contributed by atoms with van der Waals surface area (Å²) in [6.45, 7) is 4.78. The monoisotopic (exact) mass is 187 g/mol. The molecule has 1 fully saturated rings. The Balaban J connectivity index is 2.05. The molecule has 0 saturated heterocycles. The summed E-state index contributed by atoms with van der Waals surface area (Å²) < 4.78 is 0. The fraction of sp³-hybridized carbons (Fsp3) is 1.00. The molecule has 12 heavy (non-hydrogen) atoms. The molecule has 0 aromatic rings. The zero-order valence-electron chi connectivity index (χ0n) is 8.29. The van der Waals surface area contributed by atoms with Crippen molar-refractivity contribution in [2.24, 2.45) is 11.8 Å². The molecule has 1 aliphatic rings. The van der Waals surface area contributed by atoms with Gasteiger partial charge in [-0.15, -0.1) is 0 Å². The fourth-order valence-corrected chi connectivity index (χ4v) is 1.90. The highest BCUT2D eigenvalue weighted by atomic mass is 32.1. The van der Waals surface area contributed by atoms with Gasteiger partial charge in [-0.05, 0) is 37.5 Å². The van der Waals surface area contributed by atoms with Crippen LogP contribution in [0.3, 0.4) is 0 Å². The van der Waals surface area contributed by atoms with E-state index in [1.165, 1.54) is 32.4 Å². The molecule has 1 aliphatic carbocycles. The number of rotatable bonds is 5. The van der Waals surface area contributed by atoms with Crippen molar-refractivity contribution in [3.8, 4) is 0 Å². The molecular weight excluding hydrogens is 166 g/mol. The van der Waals surface area contributed by atoms with Crippen LogP contribution in [0.15, 0.2) is 0 Å². The van der Waals surface area contributed by atoms with E-state index in [-0.39, 0.29) is 0 Å². The van der Waals surface area contributed by atoms with Crippen LogP contribution in [0.25, 0.3) is 0 Å². The lowest BCUT2D eigenvalue weighted by Crippen LogP contribution is -2.32. The van der Waals surface area contributed by atoms with Crippen LogP contribution in [0.1, 0.15) is 26.2 Å². The second kappa shape index (κ2) is 5.13. The number of nitrogens with zero attached hydrogens (tertiary/aromatic N) is 1. The first-order chi connectivity index (χ1) is 5.72. The average Bonchev–Trinajstić information content (AvgIpc) is 1.97. The summed E-state index contributed by atoms with van der Waals surface area (Å²) in [6.07, 6.45) is 4.37. The zero-order valence-corrected chi connectivity index (χ0v) is 9.19. The Kier molecular flexibility index (Phi) is 4.44. The van der Waals surface area contributed by atoms with Crippen LogP contribution in [-0.2, 0) is 0 Å². The van der Waals surface area contributed by atoms with Gasteiger partial charge in [-0.2, -0.15) is 12.6 Å². The molecule has 0 bridgehead atoms. The molecule has 0 N–H and O–H groups in total. The zero-order chi connectivity index (χ0) is 8.97. The van der Waals surface area contributed by atoms with Gasteiger partial charge in [-0.1, -0.05) is 13.3 Å². The van der Waals surface area contributed by atoms with Gasteiger partial charge in [0.1, 0.15) is 0 Å². The minimum Gasteiger partial charge on any atom is -0.306 e. The second-order valence-corrected chi connectivity index (χ2v) is 4.67. The molecule has 0 amide bonds. The summed E-state index contributed by atoms with van der Waals surface area (Å²) in [6, 6.07) is 0. The van der Waals surface area contributed by atoms with Crippen LogP contribution < -0.4 is 0 Å². The van der Waals surface area contributed by atoms with Gasteiger partial charge in [0, 0.05) is 13.1 Å². The Bertz CT molecular complexity index is 116. The van der Waals surface area contributed by atoms with E-state index in [9.17, 15) is 0 Å². The molecular formula is C10H21NS. The maximum absolute atomic E-state index is 4.29. The van der Waals surface area contributed by atoms with E-state index in [2.05, 4.69) is 31.5 Å². The summed E-state index contributed by atoms with van der Waals surface area (Å²) in [5.74, 6) is 2.75. The van der Waals surface area contributed by atoms with Crippen LogP contribution in [-0.4, -0.2) is 30.8 Å². The normalized spacial score (nSPS) is 21.0. The van der Waals surface area contributed by atoms with Crippen molar-refractivity contribution in [3.05, 3.63) is 0 Å². The molecule has 1 rings (SSSR count). The standard InChI is InChI=1S/C10H21NS/c1-9(8-12)6-11(2)7-10-4-3-5-10/h9-10,12H,3-8H2,1-2H3. The lowest BCUT2D eigenvalue weighted by atomic mass is 9.85. The van der Waals surface area contributed by atoms with E-state index in [0.717, 1.165) is 17.6 Å². The predicted molar refractivity (Wildman–Crippen MR) is 57.9 cm³/mol. The van der Waals surface area contributed by atoms with Crippen LogP contribution in [0.2, 0.25) is 0 Å². The molecule has 72 valence electrons. The molecule has 0 aromatic carbocycles. The van der Waals surface area contributed by atoms with Crippen LogP contribution >= 0.6 is 12.6 Å². The molecule has 0 aliphatic heterocycles. The topological polar surface area (TPSA) is 3.24 Å². The van der Waals surface area contributed by atoms with Crippen molar-refractivity contribution < 1.29 is 0 Å². The summed E-state index contributed by atoms with van der Waals surface area (Å²) >= 11 is 4.29. The molecule has 0 heterocycles. The first kappa shape index (κ1) is 10.4. The number of hydrogen-bond donors (Lipinski definition) is 1. The Morgan fingerprint density at radius 1 is 1.50 bits per heavy atom. The Morgan fingerprint density at radius 2 is 2.17 bits per heavy atom. The molecule has 1 nitrogen and oxygen atoms in total. The van der Waals surface area contributed by atoms with Gasteiger partial charge in [-0.3, -0.25) is 0 Å². The lowest BCUT2D eigenvalue weighted by molar-refractivity contribution is 0.193. The third kappa shape index (κ3) is 3.36. The largest absolute Gasteiger partial charge is 0.306 e. The van der Waals surface area contributed by atoms with Gasteiger partial charge in [0.15, 0.2) is 0 Å². The van der Waals surface area contributed by atoms with Gasteiger partial charge in [0.25, 0.3) is 0 Å². The number of hydrogen-bond acceptors (Lipinski definition) is 2. The van der Waals surface area contributed by atoms with Gasteiger partial charge >= 0.3 is 0 Å². The van der Waals surface area contributed by atoms with Crippen LogP contribution in [0.4, 0.5) is 0 Å². The quantitative estimate of drug-likeness (QED) is 0.646. The summed E-state index contributed by atoms with van der Waals surface area (Å²) in [4.78, 5) is 2.46. The van der Waals surface area contributed by atoms with E-state index >= 15 is 0 Å². The minimum atomic E-state index is 0.735. The number of thiol groups is 1. The Labute approximate surface area is 81.9 Å². The molecule has 1 atom stereocenters. The Hall–Kier alpha value is 0.310. The lowest BCUT2D eigenvalue weighted by Gasteiger charge is -2.31. The molecule has 1 saturated carbocycles. The third-order valence-corrected chi connectivity index (χ3v) is 3.35. The third-order valence-electron chi connectivity index (χ3n) is 2.73. The molecule has 0 radical (unpaired) electrons. The van der Waals surface area contributed by atoms with Crippen molar-refractivity contribution in [2.45, 2.75) is 26.2 Å². The Morgan fingerprint density at radius 3 is 2.58 bits per heavy atom. The maximum atomic E-state index is 4.29. The smallest absolute Gasteiger partial charge is 0.00119 e. The van der Waals surface area contributed by atoms with E-state index in [1.807, 2.05) is 0 Å². The highest BCUT2D eigenvalue weighted by molar-refractivity contribution is 7.80. The highest BCUT2D eigenvalue weighted by Gasteiger charge is 2.19. The molecule has 0 spiro atoms. The van der Waals surface area contributed by atoms with Gasteiger partial charge < -0.3 is 4.90 Å². The van der Waals surface area contributed by atoms with Crippen molar-refractivity contribution in [1.82, 2.24) is 4.90 Å². The van der Waals surface area contributed by atoms with Crippen molar-refractivity contribution >= 4 is 12.6 Å². The van der Waals surface area contributed by atoms with Crippen LogP contribution in [0.5, 0.6) is 0 Å². The van der Waals surface area contributed by atoms with Crippen molar-refractivity contribution in [2.75, 3.05) is 25.9 Å². The second-order valence-electron chi connectivity index (χ2n) is 4.31. The van der Waals surface area contributed by atoms with Gasteiger partial charge in [0.05, 0.1) is 0 Å². The van der Waals surface area contributed by atoms with E-state index in [0.29, 0.717) is 0 Å². The molecule has 0 aromatic heterocycles. The van der Waals surface area contributed by atoms with E-state index in [4.69, 9.17) is 0 Å².